The van der Waals surface area contributed by atoms with Gasteiger partial charge in [-0.2, -0.15) is 0 Å². The zero-order chi connectivity index (χ0) is 4.83. The van der Waals surface area contributed by atoms with Gasteiger partial charge in [-0.1, -0.05) is 0 Å². The van der Waals surface area contributed by atoms with Crippen molar-refractivity contribution in [3.8, 4) is 0 Å². The summed E-state index contributed by atoms with van der Waals surface area (Å²) in [6.45, 7) is 0.226. The lowest BCUT2D eigenvalue weighted by Crippen LogP contribution is -1.87. The van der Waals surface area contributed by atoms with Crippen LogP contribution in [0.5, 0.6) is 0 Å². The van der Waals surface area contributed by atoms with Crippen molar-refractivity contribution in [2.24, 2.45) is 0 Å². The van der Waals surface area contributed by atoms with E-state index in [0.717, 1.165) is 0 Å². The molecule has 0 amide bonds. The fourth-order valence-electron chi connectivity index (χ4n) is 0.0833. The van der Waals surface area contributed by atoms with E-state index in [1.54, 1.807) is 0 Å². The van der Waals surface area contributed by atoms with Crippen LogP contribution in [-0.2, 0) is 9.47 Å². The van der Waals surface area contributed by atoms with E-state index in [4.69, 9.17) is 1.37 Å². The van der Waals surface area contributed by atoms with Crippen molar-refractivity contribution in [2.75, 3.05) is 21.0 Å². The van der Waals surface area contributed by atoms with Crippen LogP contribution in [0.1, 0.15) is 1.37 Å². The van der Waals surface area contributed by atoms with E-state index in [-0.39, 0.29) is 13.9 Å². The van der Waals surface area contributed by atoms with Crippen LogP contribution in [0.15, 0.2) is 0 Å². The van der Waals surface area contributed by atoms with Crippen molar-refractivity contribution in [1.82, 2.24) is 0 Å². The molecule has 0 saturated carbocycles. The second-order valence-electron chi connectivity index (χ2n) is 0.611. The molecule has 0 N–H and O–H groups in total. The minimum atomic E-state index is -0.0200. The predicted octanol–water partition coefficient (Wildman–Crippen LogP) is 0.237. The van der Waals surface area contributed by atoms with Gasteiger partial charge in [0.05, 0.1) is 1.37 Å². The van der Waals surface area contributed by atoms with Crippen LogP contribution in [0, 0.1) is 0 Å². The summed E-state index contributed by atoms with van der Waals surface area (Å²) in [6, 6.07) is 0. The van der Waals surface area contributed by atoms with E-state index in [9.17, 15) is 0 Å². The third-order valence-corrected chi connectivity index (χ3v) is 0.201. The predicted molar refractivity (Wildman–Crippen MR) is 18.9 cm³/mol. The molecule has 0 unspecified atom stereocenters. The average molecular weight is 77.1 g/mol. The highest BCUT2D eigenvalue weighted by atomic mass is 16.6. The molecular formula is C3H8O2. The molecule has 0 aliphatic heterocycles. The molecule has 0 radical (unpaired) electrons. The summed E-state index contributed by atoms with van der Waals surface area (Å²) in [6.07, 6.45) is 0. The molecule has 0 aromatic rings. The highest BCUT2D eigenvalue weighted by Crippen LogP contribution is 1.60. The standard InChI is InChI=1S/C3H8O2/c1-4-3-5-2/h3H2,1-2H3/i1D. The van der Waals surface area contributed by atoms with Crippen molar-refractivity contribution < 1.29 is 10.8 Å². The first-order valence-corrected chi connectivity index (χ1v) is 1.27. The Morgan fingerprint density at radius 2 is 2.60 bits per heavy atom. The topological polar surface area (TPSA) is 18.5 Å². The van der Waals surface area contributed by atoms with Crippen LogP contribution in [0.25, 0.3) is 0 Å². The van der Waals surface area contributed by atoms with Gasteiger partial charge in [-0.15, -0.1) is 0 Å². The highest BCUT2D eigenvalue weighted by molar-refractivity contribution is 3.84. The molecule has 0 aliphatic rings. The minimum absolute atomic E-state index is 0.0200. The molecule has 2 heteroatoms. The monoisotopic (exact) mass is 77.1 g/mol. The molecule has 0 atom stereocenters. The smallest absolute Gasteiger partial charge is 0.145 e. The largest absolute Gasteiger partial charge is 0.359 e. The van der Waals surface area contributed by atoms with Crippen LogP contribution in [-0.4, -0.2) is 21.0 Å². The lowest BCUT2D eigenvalue weighted by atomic mass is 11.4. The Morgan fingerprint density at radius 1 is 1.80 bits per heavy atom. The molecule has 32 valence electrons. The average Bonchev–Trinajstić information content (AvgIpc) is 1.61. The van der Waals surface area contributed by atoms with Crippen LogP contribution < -0.4 is 0 Å². The molecular weight excluding hydrogens is 68.0 g/mol. The van der Waals surface area contributed by atoms with Crippen molar-refractivity contribution in [3.63, 3.8) is 0 Å². The number of methoxy groups -OCH3 is 2. The van der Waals surface area contributed by atoms with Crippen LogP contribution in [0.4, 0.5) is 0 Å². The van der Waals surface area contributed by atoms with Gasteiger partial charge in [-0.25, -0.2) is 0 Å². The van der Waals surface area contributed by atoms with Crippen molar-refractivity contribution in [3.05, 3.63) is 0 Å². The zero-order valence-electron chi connectivity index (χ0n) is 4.23. The molecule has 0 spiro atoms. The Bertz CT molecular complexity index is 20.8. The normalized spacial score (nSPS) is 11.0. The SMILES string of the molecule is [2H]COCOC. The molecule has 0 aliphatic carbocycles. The first-order chi connectivity index (χ1) is 2.91. The molecule has 0 rings (SSSR count). The molecule has 0 saturated heterocycles. The quantitative estimate of drug-likeness (QED) is 0.347. The van der Waals surface area contributed by atoms with Crippen LogP contribution in [0.2, 0.25) is 0 Å². The first-order valence-electron chi connectivity index (χ1n) is 1.98. The summed E-state index contributed by atoms with van der Waals surface area (Å²) in [5, 5.41) is 0. The number of rotatable bonds is 2. The number of hydrogen-bond acceptors (Lipinski definition) is 2. The Labute approximate surface area is 33.1 Å². The van der Waals surface area contributed by atoms with E-state index < -0.39 is 0 Å². The number of ether oxygens (including phenoxy) is 2. The highest BCUT2D eigenvalue weighted by Gasteiger charge is 1.63. The summed E-state index contributed by atoms with van der Waals surface area (Å²) in [5.41, 5.74) is 0. The third kappa shape index (κ3) is 3.92. The zero-order valence-corrected chi connectivity index (χ0v) is 3.23. The summed E-state index contributed by atoms with van der Waals surface area (Å²) in [5.74, 6) is 0. The van der Waals surface area contributed by atoms with E-state index in [1.165, 1.54) is 7.11 Å². The maximum atomic E-state index is 6.40. The van der Waals surface area contributed by atoms with Gasteiger partial charge >= 0.3 is 0 Å². The van der Waals surface area contributed by atoms with E-state index in [2.05, 4.69) is 9.47 Å². The van der Waals surface area contributed by atoms with Crippen molar-refractivity contribution >= 4 is 0 Å². The lowest BCUT2D eigenvalue weighted by Gasteiger charge is -1.87. The van der Waals surface area contributed by atoms with Crippen molar-refractivity contribution in [2.45, 2.75) is 0 Å². The third-order valence-electron chi connectivity index (χ3n) is 0.201. The molecule has 2 nitrogen and oxygen atoms in total. The summed E-state index contributed by atoms with van der Waals surface area (Å²) < 4.78 is 15.3. The van der Waals surface area contributed by atoms with Gasteiger partial charge in [-0.3, -0.25) is 0 Å². The van der Waals surface area contributed by atoms with Crippen molar-refractivity contribution in [1.29, 1.82) is 0 Å². The fourth-order valence-corrected chi connectivity index (χ4v) is 0.0833. The van der Waals surface area contributed by atoms with Gasteiger partial charge in [0.25, 0.3) is 0 Å². The fraction of sp³-hybridized carbons (Fsp3) is 1.00. The summed E-state index contributed by atoms with van der Waals surface area (Å²) in [7, 11) is 1.50. The Morgan fingerprint density at radius 3 is 2.80 bits per heavy atom. The summed E-state index contributed by atoms with van der Waals surface area (Å²) in [4.78, 5) is 0. The second-order valence-corrected chi connectivity index (χ2v) is 0.611. The number of hydrogen-bond donors (Lipinski definition) is 0. The lowest BCUT2D eigenvalue weighted by molar-refractivity contribution is -0.00271. The Hall–Kier alpha value is -0.0800. The summed E-state index contributed by atoms with van der Waals surface area (Å²) >= 11 is 0. The maximum Gasteiger partial charge on any atom is 0.145 e. The van der Waals surface area contributed by atoms with E-state index >= 15 is 0 Å². The van der Waals surface area contributed by atoms with Gasteiger partial charge in [0.2, 0.25) is 0 Å². The second kappa shape index (κ2) is 3.92. The molecule has 0 fully saturated rings. The Kier molecular flexibility index (Phi) is 2.45. The molecule has 0 aromatic carbocycles. The molecule has 0 bridgehead atoms. The van der Waals surface area contributed by atoms with Gasteiger partial charge in [0.15, 0.2) is 0 Å². The van der Waals surface area contributed by atoms with Gasteiger partial charge < -0.3 is 9.47 Å². The van der Waals surface area contributed by atoms with Gasteiger partial charge in [-0.05, 0) is 0 Å². The molecule has 5 heavy (non-hydrogen) atoms. The van der Waals surface area contributed by atoms with Crippen LogP contribution in [0.3, 0.4) is 0 Å². The Balaban J connectivity index is 2.34. The van der Waals surface area contributed by atoms with Gasteiger partial charge in [0.1, 0.15) is 6.79 Å². The van der Waals surface area contributed by atoms with Crippen LogP contribution >= 0.6 is 0 Å². The molecule has 0 heterocycles. The van der Waals surface area contributed by atoms with E-state index in [0.29, 0.717) is 0 Å². The minimum Gasteiger partial charge on any atom is -0.359 e. The van der Waals surface area contributed by atoms with E-state index in [1.807, 2.05) is 0 Å². The maximum absolute atomic E-state index is 6.40. The molecule has 0 aromatic heterocycles. The van der Waals surface area contributed by atoms with Gasteiger partial charge in [0, 0.05) is 14.2 Å². The first kappa shape index (κ1) is 3.12.